The molecular weight excluding hydrogens is 182 g/mol. The molecule has 15 heavy (non-hydrogen) atoms. The van der Waals surface area contributed by atoms with Crippen LogP contribution in [-0.4, -0.2) is 13.1 Å². The molecule has 2 N–H and O–H groups in total. The van der Waals surface area contributed by atoms with Gasteiger partial charge >= 0.3 is 0 Å². The molecule has 0 amide bonds. The van der Waals surface area contributed by atoms with Crippen molar-refractivity contribution < 1.29 is 5.32 Å². The van der Waals surface area contributed by atoms with Gasteiger partial charge in [-0.25, -0.2) is 0 Å². The SMILES string of the molecule is CC1=C[C@H](C)[C@H](C[NH2+]CC(C)C)[C@@H](C)C1. The van der Waals surface area contributed by atoms with E-state index in [1.807, 2.05) is 0 Å². The van der Waals surface area contributed by atoms with E-state index < -0.39 is 0 Å². The fourth-order valence-corrected chi connectivity index (χ4v) is 2.89. The molecular formula is C14H28N+. The van der Waals surface area contributed by atoms with E-state index in [-0.39, 0.29) is 0 Å². The maximum absolute atomic E-state index is 2.51. The van der Waals surface area contributed by atoms with Crippen LogP contribution in [0.5, 0.6) is 0 Å². The molecule has 0 aromatic rings. The van der Waals surface area contributed by atoms with Crippen molar-refractivity contribution in [1.29, 1.82) is 0 Å². The van der Waals surface area contributed by atoms with Gasteiger partial charge in [0.25, 0.3) is 0 Å². The fourth-order valence-electron chi connectivity index (χ4n) is 2.89. The number of allylic oxidation sites excluding steroid dienone is 2. The summed E-state index contributed by atoms with van der Waals surface area (Å²) < 4.78 is 0. The molecule has 1 nitrogen and oxygen atoms in total. The van der Waals surface area contributed by atoms with Gasteiger partial charge in [-0.1, -0.05) is 39.3 Å². The van der Waals surface area contributed by atoms with E-state index in [0.717, 1.165) is 23.7 Å². The van der Waals surface area contributed by atoms with Crippen LogP contribution in [0.15, 0.2) is 11.6 Å². The highest BCUT2D eigenvalue weighted by molar-refractivity contribution is 5.07. The molecule has 1 aliphatic carbocycles. The van der Waals surface area contributed by atoms with E-state index in [9.17, 15) is 0 Å². The second kappa shape index (κ2) is 5.69. The van der Waals surface area contributed by atoms with E-state index in [2.05, 4.69) is 46.0 Å². The first-order chi connectivity index (χ1) is 7.00. The highest BCUT2D eigenvalue weighted by atomic mass is 14.9. The Morgan fingerprint density at radius 3 is 2.60 bits per heavy atom. The minimum Gasteiger partial charge on any atom is -0.346 e. The molecule has 0 saturated carbocycles. The van der Waals surface area contributed by atoms with Crippen molar-refractivity contribution >= 4 is 0 Å². The second-order valence-corrected chi connectivity index (χ2v) is 5.87. The number of hydrogen-bond donors (Lipinski definition) is 1. The second-order valence-electron chi connectivity index (χ2n) is 5.87. The Labute approximate surface area is 95.3 Å². The molecule has 0 spiro atoms. The van der Waals surface area contributed by atoms with Gasteiger partial charge in [0.2, 0.25) is 0 Å². The van der Waals surface area contributed by atoms with Gasteiger partial charge in [0.1, 0.15) is 0 Å². The average molecular weight is 210 g/mol. The van der Waals surface area contributed by atoms with Gasteiger partial charge in [-0.15, -0.1) is 0 Å². The highest BCUT2D eigenvalue weighted by Gasteiger charge is 2.27. The smallest absolute Gasteiger partial charge is 0.0792 e. The number of hydrogen-bond acceptors (Lipinski definition) is 0. The van der Waals surface area contributed by atoms with Crippen LogP contribution in [0.2, 0.25) is 0 Å². The summed E-state index contributed by atoms with van der Waals surface area (Å²) in [4.78, 5) is 0. The van der Waals surface area contributed by atoms with Gasteiger partial charge in [0, 0.05) is 11.8 Å². The summed E-state index contributed by atoms with van der Waals surface area (Å²) in [6, 6.07) is 0. The maximum Gasteiger partial charge on any atom is 0.0792 e. The summed E-state index contributed by atoms with van der Waals surface area (Å²) in [6.07, 6.45) is 3.79. The van der Waals surface area contributed by atoms with Crippen molar-refractivity contribution in [2.24, 2.45) is 23.7 Å². The third-order valence-electron chi connectivity index (χ3n) is 3.67. The number of nitrogens with two attached hydrogens (primary N) is 1. The first-order valence-electron chi connectivity index (χ1n) is 6.49. The van der Waals surface area contributed by atoms with E-state index in [4.69, 9.17) is 0 Å². The number of quaternary nitrogens is 1. The van der Waals surface area contributed by atoms with E-state index >= 15 is 0 Å². The molecule has 0 heterocycles. The lowest BCUT2D eigenvalue weighted by Crippen LogP contribution is -2.87. The monoisotopic (exact) mass is 210 g/mol. The van der Waals surface area contributed by atoms with Crippen molar-refractivity contribution in [2.45, 2.75) is 41.0 Å². The lowest BCUT2D eigenvalue weighted by molar-refractivity contribution is -0.666. The van der Waals surface area contributed by atoms with Crippen LogP contribution < -0.4 is 5.32 Å². The zero-order valence-electron chi connectivity index (χ0n) is 11.1. The van der Waals surface area contributed by atoms with Crippen LogP contribution in [-0.2, 0) is 0 Å². The van der Waals surface area contributed by atoms with Crippen LogP contribution in [0.25, 0.3) is 0 Å². The predicted octanol–water partition coefficient (Wildman–Crippen LogP) is 2.44. The standard InChI is InChI=1S/C14H27N/c1-10(2)8-15-9-14-12(4)6-11(3)7-13(14)5/h6,10,12-15H,7-9H2,1-5H3/p+1/t12-,13-,14-/m0/s1. The summed E-state index contributed by atoms with van der Waals surface area (Å²) in [6.45, 7) is 14.3. The van der Waals surface area contributed by atoms with Gasteiger partial charge < -0.3 is 5.32 Å². The topological polar surface area (TPSA) is 16.6 Å². The molecule has 1 aliphatic rings. The average Bonchev–Trinajstić information content (AvgIpc) is 2.08. The zero-order valence-corrected chi connectivity index (χ0v) is 11.1. The molecule has 3 atom stereocenters. The van der Waals surface area contributed by atoms with Gasteiger partial charge in [-0.3, -0.25) is 0 Å². The van der Waals surface area contributed by atoms with Gasteiger partial charge in [0.15, 0.2) is 0 Å². The molecule has 88 valence electrons. The molecule has 0 unspecified atom stereocenters. The molecule has 0 aliphatic heterocycles. The molecule has 0 aromatic heterocycles. The molecule has 0 radical (unpaired) electrons. The summed E-state index contributed by atoms with van der Waals surface area (Å²) >= 11 is 0. The lowest BCUT2D eigenvalue weighted by Gasteiger charge is -2.31. The first-order valence-corrected chi connectivity index (χ1v) is 6.49. The van der Waals surface area contributed by atoms with Gasteiger partial charge in [-0.05, 0) is 25.2 Å². The van der Waals surface area contributed by atoms with E-state index in [0.29, 0.717) is 0 Å². The van der Waals surface area contributed by atoms with Crippen molar-refractivity contribution in [1.82, 2.24) is 0 Å². The summed E-state index contributed by atoms with van der Waals surface area (Å²) in [5.41, 5.74) is 1.59. The lowest BCUT2D eigenvalue weighted by atomic mass is 9.75. The van der Waals surface area contributed by atoms with Crippen molar-refractivity contribution in [2.75, 3.05) is 13.1 Å². The molecule has 0 aromatic carbocycles. The normalized spacial score (nSPS) is 31.9. The Kier molecular flexibility index (Phi) is 4.85. The van der Waals surface area contributed by atoms with E-state index in [1.165, 1.54) is 19.5 Å². The Morgan fingerprint density at radius 2 is 2.07 bits per heavy atom. The van der Waals surface area contributed by atoms with Crippen molar-refractivity contribution in [3.8, 4) is 0 Å². The number of rotatable bonds is 4. The summed E-state index contributed by atoms with van der Waals surface area (Å²) in [7, 11) is 0. The molecule has 0 saturated heterocycles. The Hall–Kier alpha value is -0.300. The fraction of sp³-hybridized carbons (Fsp3) is 0.857. The highest BCUT2D eigenvalue weighted by Crippen LogP contribution is 2.32. The van der Waals surface area contributed by atoms with Gasteiger partial charge in [0.05, 0.1) is 13.1 Å². The van der Waals surface area contributed by atoms with Crippen molar-refractivity contribution in [3.63, 3.8) is 0 Å². The van der Waals surface area contributed by atoms with Crippen LogP contribution in [0.4, 0.5) is 0 Å². The largest absolute Gasteiger partial charge is 0.346 e. The molecule has 1 heteroatoms. The van der Waals surface area contributed by atoms with Crippen LogP contribution in [0.1, 0.15) is 41.0 Å². The molecule has 1 rings (SSSR count). The summed E-state index contributed by atoms with van der Waals surface area (Å²) in [5.74, 6) is 3.34. The van der Waals surface area contributed by atoms with Crippen molar-refractivity contribution in [3.05, 3.63) is 11.6 Å². The predicted molar refractivity (Wildman–Crippen MR) is 66.7 cm³/mol. The Balaban J connectivity index is 2.40. The molecule has 0 fully saturated rings. The summed E-state index contributed by atoms with van der Waals surface area (Å²) in [5, 5.41) is 2.51. The minimum atomic E-state index is 0.775. The van der Waals surface area contributed by atoms with E-state index in [1.54, 1.807) is 5.57 Å². The van der Waals surface area contributed by atoms with Gasteiger partial charge in [-0.2, -0.15) is 0 Å². The zero-order chi connectivity index (χ0) is 11.4. The molecule has 0 bridgehead atoms. The first kappa shape index (κ1) is 12.8. The third-order valence-corrected chi connectivity index (χ3v) is 3.67. The Bertz CT molecular complexity index is 217. The van der Waals surface area contributed by atoms with Crippen LogP contribution in [0.3, 0.4) is 0 Å². The minimum absolute atomic E-state index is 0.775. The third kappa shape index (κ3) is 3.98. The quantitative estimate of drug-likeness (QED) is 0.686. The Morgan fingerprint density at radius 1 is 1.40 bits per heavy atom. The van der Waals surface area contributed by atoms with Crippen LogP contribution >= 0.6 is 0 Å². The van der Waals surface area contributed by atoms with Crippen LogP contribution in [0, 0.1) is 23.7 Å². The maximum atomic E-state index is 2.51.